The number of hydrogen-bond acceptors (Lipinski definition) is 3. The number of rotatable bonds is 6. The van der Waals surface area contributed by atoms with Crippen LogP contribution in [0, 0.1) is 12.8 Å². The van der Waals surface area contributed by atoms with Crippen LogP contribution in [0.4, 0.5) is 23.7 Å². The smallest absolute Gasteiger partial charge is 0.422 e. The summed E-state index contributed by atoms with van der Waals surface area (Å²) in [4.78, 5) is 13.4. The van der Waals surface area contributed by atoms with Crippen LogP contribution in [-0.2, 0) is 0 Å². The third kappa shape index (κ3) is 5.59. The van der Waals surface area contributed by atoms with Crippen molar-refractivity contribution < 1.29 is 27.8 Å². The van der Waals surface area contributed by atoms with Crippen LogP contribution in [0.3, 0.4) is 0 Å². The van der Waals surface area contributed by atoms with E-state index in [1.54, 1.807) is 14.0 Å². The summed E-state index contributed by atoms with van der Waals surface area (Å²) in [6, 6.07) is 4.00. The van der Waals surface area contributed by atoms with E-state index in [4.69, 9.17) is 4.74 Å². The van der Waals surface area contributed by atoms with Gasteiger partial charge < -0.3 is 20.1 Å². The molecule has 134 valence electrons. The van der Waals surface area contributed by atoms with Crippen LogP contribution in [0.2, 0.25) is 0 Å². The maximum atomic E-state index is 12.2. The molecular formula is C16H21F3N2O3. The molecule has 0 spiro atoms. The number of alkyl halides is 3. The molecule has 1 fully saturated rings. The first-order valence-electron chi connectivity index (χ1n) is 7.66. The second kappa shape index (κ2) is 7.29. The van der Waals surface area contributed by atoms with Gasteiger partial charge in [0, 0.05) is 19.3 Å². The molecule has 0 aliphatic heterocycles. The summed E-state index contributed by atoms with van der Waals surface area (Å²) in [7, 11) is 1.58. The summed E-state index contributed by atoms with van der Waals surface area (Å²) in [6.45, 7) is 0.478. The van der Waals surface area contributed by atoms with Crippen molar-refractivity contribution in [1.82, 2.24) is 4.90 Å². The number of amides is 2. The second-order valence-electron chi connectivity index (χ2n) is 6.10. The number of hydrogen-bond donors (Lipinski definition) is 2. The Labute approximate surface area is 138 Å². The van der Waals surface area contributed by atoms with E-state index in [0.717, 1.165) is 12.8 Å². The number of likely N-dealkylation sites (N-methyl/N-ethyl adjacent to an activating group) is 1. The van der Waals surface area contributed by atoms with E-state index in [0.29, 0.717) is 11.3 Å². The van der Waals surface area contributed by atoms with Gasteiger partial charge in [0.15, 0.2) is 6.61 Å². The molecule has 2 N–H and O–H groups in total. The summed E-state index contributed by atoms with van der Waals surface area (Å²) in [6.07, 6.45) is -2.96. The largest absolute Gasteiger partial charge is 0.484 e. The molecule has 1 aliphatic rings. The first kappa shape index (κ1) is 18.4. The quantitative estimate of drug-likeness (QED) is 0.832. The van der Waals surface area contributed by atoms with Gasteiger partial charge in [-0.15, -0.1) is 0 Å². The number of carbonyl (C=O) groups excluding carboxylic acids is 1. The maximum Gasteiger partial charge on any atom is 0.422 e. The summed E-state index contributed by atoms with van der Waals surface area (Å²) in [5.74, 6) is 0.385. The monoisotopic (exact) mass is 346 g/mol. The molecule has 0 radical (unpaired) electrons. The molecular weight excluding hydrogens is 325 g/mol. The molecule has 1 aromatic carbocycles. The van der Waals surface area contributed by atoms with Crippen LogP contribution < -0.4 is 10.1 Å². The summed E-state index contributed by atoms with van der Waals surface area (Å²) in [5.41, 5.74) is 0.933. The summed E-state index contributed by atoms with van der Waals surface area (Å²) in [5, 5.41) is 12.5. The Balaban J connectivity index is 1.89. The van der Waals surface area contributed by atoms with Gasteiger partial charge in [0.1, 0.15) is 5.75 Å². The number of aryl methyl sites for hydroxylation is 1. The standard InChI is InChI=1S/C16H21F3N2O3/c1-10-7-12(5-6-14(10)24-9-16(17,18)19)20-15(23)21(2)8-13(22)11-3-4-11/h5-7,11,13,22H,3-4,8-9H2,1-2H3,(H,20,23). The molecule has 5 nitrogen and oxygen atoms in total. The average Bonchev–Trinajstić information content (AvgIpc) is 3.29. The highest BCUT2D eigenvalue weighted by molar-refractivity contribution is 5.89. The molecule has 24 heavy (non-hydrogen) atoms. The zero-order chi connectivity index (χ0) is 17.9. The fourth-order valence-corrected chi connectivity index (χ4v) is 2.26. The molecule has 1 unspecified atom stereocenters. The first-order valence-corrected chi connectivity index (χ1v) is 7.66. The number of nitrogens with one attached hydrogen (secondary N) is 1. The number of ether oxygens (including phenoxy) is 1. The Hall–Kier alpha value is -1.96. The number of urea groups is 1. The molecule has 0 aromatic heterocycles. The predicted molar refractivity (Wildman–Crippen MR) is 83.1 cm³/mol. The van der Waals surface area contributed by atoms with Crippen LogP contribution in [0.25, 0.3) is 0 Å². The van der Waals surface area contributed by atoms with E-state index in [-0.39, 0.29) is 18.2 Å². The maximum absolute atomic E-state index is 12.2. The van der Waals surface area contributed by atoms with Crippen molar-refractivity contribution in [3.8, 4) is 5.75 Å². The highest BCUT2D eigenvalue weighted by Gasteiger charge is 2.31. The average molecular weight is 346 g/mol. The minimum Gasteiger partial charge on any atom is -0.484 e. The molecule has 0 bridgehead atoms. The van der Waals surface area contributed by atoms with Crippen molar-refractivity contribution in [2.45, 2.75) is 32.0 Å². The SMILES string of the molecule is Cc1cc(NC(=O)N(C)CC(O)C2CC2)ccc1OCC(F)(F)F. The molecule has 2 rings (SSSR count). The van der Waals surface area contributed by atoms with E-state index < -0.39 is 24.9 Å². The molecule has 0 saturated heterocycles. The lowest BCUT2D eigenvalue weighted by Gasteiger charge is -2.21. The van der Waals surface area contributed by atoms with Gasteiger partial charge in [0.2, 0.25) is 0 Å². The van der Waals surface area contributed by atoms with Gasteiger partial charge in [0.25, 0.3) is 0 Å². The molecule has 2 amide bonds. The number of nitrogens with zero attached hydrogens (tertiary/aromatic N) is 1. The van der Waals surface area contributed by atoms with Crippen LogP contribution in [0.15, 0.2) is 18.2 Å². The van der Waals surface area contributed by atoms with Crippen molar-refractivity contribution >= 4 is 11.7 Å². The lowest BCUT2D eigenvalue weighted by molar-refractivity contribution is -0.153. The third-order valence-electron chi connectivity index (χ3n) is 3.79. The fraction of sp³-hybridized carbons (Fsp3) is 0.562. The second-order valence-corrected chi connectivity index (χ2v) is 6.10. The van der Waals surface area contributed by atoms with Crippen molar-refractivity contribution in [3.63, 3.8) is 0 Å². The fourth-order valence-electron chi connectivity index (χ4n) is 2.26. The molecule has 0 heterocycles. The Morgan fingerprint density at radius 2 is 2.12 bits per heavy atom. The highest BCUT2D eigenvalue weighted by atomic mass is 19.4. The van der Waals surface area contributed by atoms with Crippen molar-refractivity contribution in [2.24, 2.45) is 5.92 Å². The van der Waals surface area contributed by atoms with Gasteiger partial charge in [-0.25, -0.2) is 4.79 Å². The molecule has 1 aliphatic carbocycles. The van der Waals surface area contributed by atoms with Gasteiger partial charge in [0.05, 0.1) is 6.10 Å². The zero-order valence-corrected chi connectivity index (χ0v) is 13.6. The molecule has 1 aromatic rings. The lowest BCUT2D eigenvalue weighted by Crippen LogP contribution is -2.38. The van der Waals surface area contributed by atoms with Gasteiger partial charge in [-0.3, -0.25) is 0 Å². The Morgan fingerprint density at radius 3 is 2.67 bits per heavy atom. The number of anilines is 1. The van der Waals surface area contributed by atoms with Gasteiger partial charge in [-0.1, -0.05) is 0 Å². The minimum absolute atomic E-state index is 0.114. The molecule has 1 atom stereocenters. The van der Waals surface area contributed by atoms with Gasteiger partial charge in [-0.2, -0.15) is 13.2 Å². The molecule has 1 saturated carbocycles. The van der Waals surface area contributed by atoms with E-state index in [1.807, 2.05) is 0 Å². The zero-order valence-electron chi connectivity index (χ0n) is 13.6. The predicted octanol–water partition coefficient (Wildman–Crippen LogP) is 3.17. The number of aliphatic hydroxyl groups excluding tert-OH is 1. The van der Waals surface area contributed by atoms with Crippen molar-refractivity contribution in [3.05, 3.63) is 23.8 Å². The number of carbonyl (C=O) groups is 1. The van der Waals surface area contributed by atoms with Crippen LogP contribution in [0.5, 0.6) is 5.75 Å². The van der Waals surface area contributed by atoms with Crippen molar-refractivity contribution in [2.75, 3.05) is 25.5 Å². The minimum atomic E-state index is -4.40. The normalized spacial score (nSPS) is 15.8. The topological polar surface area (TPSA) is 61.8 Å². The van der Waals surface area contributed by atoms with Crippen LogP contribution in [0.1, 0.15) is 18.4 Å². The van der Waals surface area contributed by atoms with E-state index in [2.05, 4.69) is 5.32 Å². The van der Waals surface area contributed by atoms with Gasteiger partial charge >= 0.3 is 12.2 Å². The Bertz CT molecular complexity index is 588. The number of benzene rings is 1. The van der Waals surface area contributed by atoms with Crippen molar-refractivity contribution in [1.29, 1.82) is 0 Å². The number of aliphatic hydroxyl groups is 1. The van der Waals surface area contributed by atoms with Gasteiger partial charge in [-0.05, 0) is 49.4 Å². The third-order valence-corrected chi connectivity index (χ3v) is 3.79. The highest BCUT2D eigenvalue weighted by Crippen LogP contribution is 2.32. The number of halogens is 3. The van der Waals surface area contributed by atoms with Crippen LogP contribution >= 0.6 is 0 Å². The summed E-state index contributed by atoms with van der Waals surface area (Å²) < 4.78 is 41.2. The Kier molecular flexibility index (Phi) is 5.58. The van der Waals surface area contributed by atoms with E-state index in [9.17, 15) is 23.1 Å². The lowest BCUT2D eigenvalue weighted by atomic mass is 10.2. The Morgan fingerprint density at radius 1 is 1.46 bits per heavy atom. The van der Waals surface area contributed by atoms with Crippen LogP contribution in [-0.4, -0.2) is 48.5 Å². The first-order chi connectivity index (χ1) is 11.2. The summed E-state index contributed by atoms with van der Waals surface area (Å²) >= 11 is 0. The van der Waals surface area contributed by atoms with E-state index in [1.165, 1.54) is 23.1 Å². The molecule has 8 heteroatoms. The van der Waals surface area contributed by atoms with E-state index >= 15 is 0 Å².